The normalized spacial score (nSPS) is 10.5. The number of thioether (sulfide) groups is 1. The molecular weight excluding hydrogens is 174 g/mol. The van der Waals surface area contributed by atoms with Crippen molar-refractivity contribution in [3.63, 3.8) is 0 Å². The van der Waals surface area contributed by atoms with Crippen LogP contribution in [0.15, 0.2) is 5.16 Å². The zero-order valence-corrected chi connectivity index (χ0v) is 7.84. The molecule has 1 rings (SSSR count). The SMILES string of the molecule is Cc1nnc(SCCCN)n1N. The van der Waals surface area contributed by atoms with Crippen LogP contribution in [0.4, 0.5) is 0 Å². The molecule has 0 aliphatic carbocycles. The highest BCUT2D eigenvalue weighted by atomic mass is 32.2. The molecule has 12 heavy (non-hydrogen) atoms. The van der Waals surface area contributed by atoms with Crippen molar-refractivity contribution in [1.29, 1.82) is 0 Å². The Kier molecular flexibility index (Phi) is 3.36. The predicted molar refractivity (Wildman–Crippen MR) is 49.3 cm³/mol. The smallest absolute Gasteiger partial charge is 0.209 e. The third-order valence-electron chi connectivity index (χ3n) is 1.41. The van der Waals surface area contributed by atoms with Gasteiger partial charge in [-0.15, -0.1) is 10.2 Å². The van der Waals surface area contributed by atoms with E-state index in [-0.39, 0.29) is 0 Å². The second-order valence-electron chi connectivity index (χ2n) is 2.39. The first-order chi connectivity index (χ1) is 5.75. The van der Waals surface area contributed by atoms with Crippen LogP contribution in [0.1, 0.15) is 12.2 Å². The molecule has 0 aliphatic heterocycles. The predicted octanol–water partition coefficient (Wildman–Crippen LogP) is -0.259. The monoisotopic (exact) mass is 187 g/mol. The standard InChI is InChI=1S/C6H13N5S/c1-5-9-10-6(11(5)8)12-4-2-3-7/h2-4,7-8H2,1H3. The maximum atomic E-state index is 5.62. The van der Waals surface area contributed by atoms with E-state index in [4.69, 9.17) is 11.6 Å². The molecule has 0 aromatic carbocycles. The lowest BCUT2D eigenvalue weighted by atomic mass is 10.5. The second kappa shape index (κ2) is 4.32. The highest BCUT2D eigenvalue weighted by Crippen LogP contribution is 2.14. The largest absolute Gasteiger partial charge is 0.336 e. The first-order valence-corrected chi connectivity index (χ1v) is 4.74. The van der Waals surface area contributed by atoms with Crippen LogP contribution >= 0.6 is 11.8 Å². The van der Waals surface area contributed by atoms with Gasteiger partial charge >= 0.3 is 0 Å². The molecule has 0 bridgehead atoms. The Morgan fingerprint density at radius 3 is 2.75 bits per heavy atom. The lowest BCUT2D eigenvalue weighted by molar-refractivity contribution is 0.822. The van der Waals surface area contributed by atoms with E-state index in [1.807, 2.05) is 6.92 Å². The van der Waals surface area contributed by atoms with Crippen molar-refractivity contribution in [3.8, 4) is 0 Å². The highest BCUT2D eigenvalue weighted by molar-refractivity contribution is 7.99. The van der Waals surface area contributed by atoms with Gasteiger partial charge in [-0.05, 0) is 19.9 Å². The van der Waals surface area contributed by atoms with E-state index in [0.717, 1.165) is 23.2 Å². The van der Waals surface area contributed by atoms with Crippen molar-refractivity contribution in [2.45, 2.75) is 18.5 Å². The minimum atomic E-state index is 0.699. The Hall–Kier alpha value is -0.750. The summed E-state index contributed by atoms with van der Waals surface area (Å²) in [7, 11) is 0. The van der Waals surface area contributed by atoms with Gasteiger partial charge in [-0.25, -0.2) is 4.68 Å². The van der Waals surface area contributed by atoms with Crippen molar-refractivity contribution in [2.24, 2.45) is 5.73 Å². The molecule has 0 atom stereocenters. The number of hydrogen-bond acceptors (Lipinski definition) is 5. The minimum Gasteiger partial charge on any atom is -0.336 e. The molecule has 4 N–H and O–H groups in total. The van der Waals surface area contributed by atoms with Crippen LogP contribution < -0.4 is 11.6 Å². The number of nitrogens with zero attached hydrogens (tertiary/aromatic N) is 3. The minimum absolute atomic E-state index is 0.699. The summed E-state index contributed by atoms with van der Waals surface area (Å²) in [5, 5.41) is 8.48. The molecule has 1 aromatic heterocycles. The van der Waals surface area contributed by atoms with Gasteiger partial charge in [0.2, 0.25) is 5.16 Å². The Bertz CT molecular complexity index is 246. The summed E-state index contributed by atoms with van der Waals surface area (Å²) in [4.78, 5) is 0. The molecule has 0 unspecified atom stereocenters. The molecule has 0 radical (unpaired) electrons. The summed E-state index contributed by atoms with van der Waals surface area (Å²) in [5.74, 6) is 7.29. The summed E-state index contributed by atoms with van der Waals surface area (Å²) in [6.45, 7) is 2.52. The fourth-order valence-corrected chi connectivity index (χ4v) is 1.56. The molecule has 0 amide bonds. The number of aryl methyl sites for hydroxylation is 1. The van der Waals surface area contributed by atoms with Crippen LogP contribution in [-0.4, -0.2) is 27.2 Å². The molecule has 0 saturated carbocycles. The van der Waals surface area contributed by atoms with Crippen LogP contribution in [0.25, 0.3) is 0 Å². The van der Waals surface area contributed by atoms with Crippen LogP contribution in [0.2, 0.25) is 0 Å². The van der Waals surface area contributed by atoms with Gasteiger partial charge < -0.3 is 11.6 Å². The molecule has 5 nitrogen and oxygen atoms in total. The van der Waals surface area contributed by atoms with Gasteiger partial charge in [-0.3, -0.25) is 0 Å². The molecule has 0 spiro atoms. The fourth-order valence-electron chi connectivity index (χ4n) is 0.695. The lowest BCUT2D eigenvalue weighted by Gasteiger charge is -1.99. The zero-order chi connectivity index (χ0) is 8.97. The Labute approximate surface area is 75.5 Å². The van der Waals surface area contributed by atoms with Gasteiger partial charge in [-0.2, -0.15) is 0 Å². The highest BCUT2D eigenvalue weighted by Gasteiger charge is 2.04. The van der Waals surface area contributed by atoms with Crippen LogP contribution in [0, 0.1) is 6.92 Å². The van der Waals surface area contributed by atoms with Crippen molar-refractivity contribution >= 4 is 11.8 Å². The van der Waals surface area contributed by atoms with Gasteiger partial charge in [-0.1, -0.05) is 11.8 Å². The van der Waals surface area contributed by atoms with Crippen molar-refractivity contribution < 1.29 is 0 Å². The Balaban J connectivity index is 2.46. The van der Waals surface area contributed by atoms with Crippen molar-refractivity contribution in [3.05, 3.63) is 5.82 Å². The van der Waals surface area contributed by atoms with Gasteiger partial charge in [0.25, 0.3) is 0 Å². The van der Waals surface area contributed by atoms with E-state index in [0.29, 0.717) is 6.54 Å². The molecule has 0 aliphatic rings. The van der Waals surface area contributed by atoms with E-state index in [1.165, 1.54) is 4.68 Å². The van der Waals surface area contributed by atoms with Crippen LogP contribution in [0.3, 0.4) is 0 Å². The average Bonchev–Trinajstić information content (AvgIpc) is 2.36. The van der Waals surface area contributed by atoms with E-state index >= 15 is 0 Å². The molecule has 1 heterocycles. The first-order valence-electron chi connectivity index (χ1n) is 3.75. The van der Waals surface area contributed by atoms with E-state index < -0.39 is 0 Å². The lowest BCUT2D eigenvalue weighted by Crippen LogP contribution is -2.11. The van der Waals surface area contributed by atoms with Crippen molar-refractivity contribution in [2.75, 3.05) is 18.1 Å². The molecular formula is C6H13N5S. The molecule has 68 valence electrons. The number of nitrogens with two attached hydrogens (primary N) is 2. The van der Waals surface area contributed by atoms with Crippen LogP contribution in [0.5, 0.6) is 0 Å². The molecule has 1 aromatic rings. The molecule has 0 saturated heterocycles. The quantitative estimate of drug-likeness (QED) is 0.385. The van der Waals surface area contributed by atoms with E-state index in [2.05, 4.69) is 10.2 Å². The Morgan fingerprint density at radius 1 is 1.50 bits per heavy atom. The van der Waals surface area contributed by atoms with E-state index in [1.54, 1.807) is 11.8 Å². The average molecular weight is 187 g/mol. The molecule has 6 heteroatoms. The first kappa shape index (κ1) is 9.34. The topological polar surface area (TPSA) is 82.8 Å². The van der Waals surface area contributed by atoms with Gasteiger partial charge in [0.1, 0.15) is 5.82 Å². The number of rotatable bonds is 4. The summed E-state index contributed by atoms with van der Waals surface area (Å²) in [5.41, 5.74) is 5.35. The number of nitrogen functional groups attached to an aromatic ring is 1. The van der Waals surface area contributed by atoms with Crippen molar-refractivity contribution in [1.82, 2.24) is 14.9 Å². The van der Waals surface area contributed by atoms with Gasteiger partial charge in [0.15, 0.2) is 0 Å². The Morgan fingerprint density at radius 2 is 2.25 bits per heavy atom. The zero-order valence-electron chi connectivity index (χ0n) is 7.03. The van der Waals surface area contributed by atoms with Crippen LogP contribution in [-0.2, 0) is 0 Å². The molecule has 0 fully saturated rings. The summed E-state index contributed by atoms with van der Waals surface area (Å²) in [6.07, 6.45) is 0.969. The van der Waals surface area contributed by atoms with Gasteiger partial charge in [0.05, 0.1) is 0 Å². The third kappa shape index (κ3) is 2.12. The summed E-state index contributed by atoms with van der Waals surface area (Å²) < 4.78 is 1.49. The summed E-state index contributed by atoms with van der Waals surface area (Å²) in [6, 6.07) is 0. The summed E-state index contributed by atoms with van der Waals surface area (Å²) >= 11 is 1.58. The second-order valence-corrected chi connectivity index (χ2v) is 3.45. The third-order valence-corrected chi connectivity index (χ3v) is 2.44. The van der Waals surface area contributed by atoms with Gasteiger partial charge in [0, 0.05) is 5.75 Å². The maximum absolute atomic E-state index is 5.62. The number of hydrogen-bond donors (Lipinski definition) is 2. The maximum Gasteiger partial charge on any atom is 0.209 e. The number of aromatic nitrogens is 3. The van der Waals surface area contributed by atoms with E-state index in [9.17, 15) is 0 Å². The fraction of sp³-hybridized carbons (Fsp3) is 0.667.